The Morgan fingerprint density at radius 2 is 2.09 bits per heavy atom. The molecular formula is C25H29N7O3. The van der Waals surface area contributed by atoms with Gasteiger partial charge in [0.15, 0.2) is 5.65 Å². The van der Waals surface area contributed by atoms with Gasteiger partial charge >= 0.3 is 0 Å². The van der Waals surface area contributed by atoms with Crippen molar-refractivity contribution in [1.82, 2.24) is 29.5 Å². The first-order chi connectivity index (χ1) is 17.0. The number of carbonyl (C=O) groups excluding carboxylic acids is 1. The predicted octanol–water partition coefficient (Wildman–Crippen LogP) is 2.78. The topological polar surface area (TPSA) is 119 Å². The van der Waals surface area contributed by atoms with Crippen molar-refractivity contribution in [1.29, 1.82) is 0 Å². The van der Waals surface area contributed by atoms with Crippen LogP contribution < -0.4 is 10.6 Å². The Balaban J connectivity index is 1.45. The number of pyridine rings is 1. The zero-order valence-corrected chi connectivity index (χ0v) is 19.9. The molecule has 1 unspecified atom stereocenters. The maximum atomic E-state index is 13.1. The van der Waals surface area contributed by atoms with E-state index in [0.717, 1.165) is 60.6 Å². The normalized spacial score (nSPS) is 22.9. The summed E-state index contributed by atoms with van der Waals surface area (Å²) in [5, 5.41) is 21.9. The first-order valence-corrected chi connectivity index (χ1v) is 12.1. The van der Waals surface area contributed by atoms with E-state index >= 15 is 0 Å². The lowest BCUT2D eigenvalue weighted by molar-refractivity contribution is -0.0486. The Bertz CT molecular complexity index is 1420. The zero-order chi connectivity index (χ0) is 24.2. The summed E-state index contributed by atoms with van der Waals surface area (Å²) in [7, 11) is 1.82. The second-order valence-electron chi connectivity index (χ2n) is 9.66. The van der Waals surface area contributed by atoms with E-state index in [9.17, 15) is 9.90 Å². The molecule has 4 aromatic rings. The van der Waals surface area contributed by atoms with Crippen molar-refractivity contribution in [3.05, 3.63) is 42.4 Å². The fraction of sp³-hybridized carbons (Fsp3) is 0.440. The van der Waals surface area contributed by atoms with Gasteiger partial charge in [-0.3, -0.25) is 4.79 Å². The summed E-state index contributed by atoms with van der Waals surface area (Å²) in [6.45, 7) is 3.22. The lowest BCUT2D eigenvalue weighted by Crippen LogP contribution is -2.58. The maximum Gasteiger partial charge on any atom is 0.257 e. The van der Waals surface area contributed by atoms with Gasteiger partial charge in [0.1, 0.15) is 17.0 Å². The second-order valence-corrected chi connectivity index (χ2v) is 9.66. The lowest BCUT2D eigenvalue weighted by atomic mass is 9.76. The molecule has 0 bridgehead atoms. The minimum atomic E-state index is -0.883. The summed E-state index contributed by atoms with van der Waals surface area (Å²) in [6.07, 6.45) is 8.75. The molecule has 0 spiro atoms. The Kier molecular flexibility index (Phi) is 5.23. The van der Waals surface area contributed by atoms with Crippen LogP contribution >= 0.6 is 0 Å². The molecule has 2 fully saturated rings. The van der Waals surface area contributed by atoms with E-state index in [1.165, 1.54) is 6.20 Å². The van der Waals surface area contributed by atoms with Crippen LogP contribution in [0.4, 0.5) is 5.82 Å². The molecule has 1 saturated heterocycles. The number of rotatable bonds is 5. The molecule has 1 amide bonds. The van der Waals surface area contributed by atoms with Crippen LogP contribution in [0.2, 0.25) is 0 Å². The summed E-state index contributed by atoms with van der Waals surface area (Å²) in [6, 6.07) is 5.96. The van der Waals surface area contributed by atoms with Crippen molar-refractivity contribution in [3.63, 3.8) is 0 Å². The van der Waals surface area contributed by atoms with Crippen LogP contribution in [-0.4, -0.2) is 67.1 Å². The van der Waals surface area contributed by atoms with Gasteiger partial charge in [-0.2, -0.15) is 9.61 Å². The SMILES string of the molecule is CNc1cc(-c2cn(C3CCOCC3)c3ncccc23)nc2c(C(=O)NC3CC[C@@]3(C)O)cnn12. The lowest BCUT2D eigenvalue weighted by Gasteiger charge is -2.42. The largest absolute Gasteiger partial charge is 0.388 e. The zero-order valence-electron chi connectivity index (χ0n) is 19.9. The Morgan fingerprint density at radius 3 is 2.80 bits per heavy atom. The number of nitrogens with one attached hydrogen (secondary N) is 2. The minimum Gasteiger partial charge on any atom is -0.388 e. The molecule has 2 aliphatic rings. The second kappa shape index (κ2) is 8.31. The third-order valence-electron chi connectivity index (χ3n) is 7.42. The third-order valence-corrected chi connectivity index (χ3v) is 7.42. The van der Waals surface area contributed by atoms with E-state index in [-0.39, 0.29) is 11.9 Å². The molecule has 0 aromatic carbocycles. The number of hydrogen-bond acceptors (Lipinski definition) is 7. The van der Waals surface area contributed by atoms with Crippen LogP contribution in [0.15, 0.2) is 36.8 Å². The number of ether oxygens (including phenoxy) is 1. The van der Waals surface area contributed by atoms with E-state index < -0.39 is 5.60 Å². The average Bonchev–Trinajstić information content (AvgIpc) is 3.48. The van der Waals surface area contributed by atoms with E-state index in [1.807, 2.05) is 25.4 Å². The highest BCUT2D eigenvalue weighted by Crippen LogP contribution is 2.35. The van der Waals surface area contributed by atoms with Crippen molar-refractivity contribution in [2.45, 2.75) is 50.3 Å². The van der Waals surface area contributed by atoms with Crippen LogP contribution in [0.25, 0.3) is 27.9 Å². The maximum absolute atomic E-state index is 13.1. The van der Waals surface area contributed by atoms with Crippen molar-refractivity contribution in [2.75, 3.05) is 25.6 Å². The van der Waals surface area contributed by atoms with Crippen molar-refractivity contribution in [2.24, 2.45) is 0 Å². The number of hydrogen-bond donors (Lipinski definition) is 3. The summed E-state index contributed by atoms with van der Waals surface area (Å²) < 4.78 is 9.43. The predicted molar refractivity (Wildman–Crippen MR) is 131 cm³/mol. The Hall–Kier alpha value is -3.50. The number of carbonyl (C=O) groups is 1. The molecule has 182 valence electrons. The first-order valence-electron chi connectivity index (χ1n) is 12.1. The van der Waals surface area contributed by atoms with Crippen LogP contribution in [0, 0.1) is 0 Å². The van der Waals surface area contributed by atoms with Crippen molar-refractivity contribution < 1.29 is 14.6 Å². The minimum absolute atomic E-state index is 0.277. The van der Waals surface area contributed by atoms with Gasteiger partial charge in [-0.05, 0) is 44.7 Å². The smallest absolute Gasteiger partial charge is 0.257 e. The molecule has 5 heterocycles. The number of anilines is 1. The summed E-state index contributed by atoms with van der Waals surface area (Å²) in [5.41, 5.74) is 2.55. The number of fused-ring (bicyclic) bond motifs is 2. The molecule has 35 heavy (non-hydrogen) atoms. The standard InChI is InChI=1S/C25H29N7O3/c1-25(34)8-5-20(25)30-24(33)17-13-28-32-21(26-2)12-19(29-23(17)32)18-14-31(15-6-10-35-11-7-15)22-16(18)4-3-9-27-22/h3-4,9,12-15,20,26,34H,5-8,10-11H2,1-2H3,(H,30,33)/t20?,25-/m1/s1. The van der Waals surface area contributed by atoms with Crippen LogP contribution in [0.3, 0.4) is 0 Å². The monoisotopic (exact) mass is 475 g/mol. The summed E-state index contributed by atoms with van der Waals surface area (Å²) in [5.74, 6) is 0.429. The van der Waals surface area contributed by atoms with Gasteiger partial charge in [0, 0.05) is 55.7 Å². The summed E-state index contributed by atoms with van der Waals surface area (Å²) in [4.78, 5) is 22.7. The summed E-state index contributed by atoms with van der Waals surface area (Å²) >= 11 is 0. The highest BCUT2D eigenvalue weighted by atomic mass is 16.5. The molecule has 3 N–H and O–H groups in total. The van der Waals surface area contributed by atoms with E-state index in [0.29, 0.717) is 23.7 Å². The Labute approximate surface area is 202 Å². The molecule has 4 aromatic heterocycles. The van der Waals surface area contributed by atoms with E-state index in [4.69, 9.17) is 9.72 Å². The van der Waals surface area contributed by atoms with Gasteiger partial charge in [0.05, 0.1) is 23.5 Å². The molecule has 1 aliphatic carbocycles. The van der Waals surface area contributed by atoms with Crippen molar-refractivity contribution >= 4 is 28.4 Å². The molecule has 1 saturated carbocycles. The van der Waals surface area contributed by atoms with E-state index in [1.54, 1.807) is 11.4 Å². The number of aliphatic hydroxyl groups is 1. The number of amides is 1. The van der Waals surface area contributed by atoms with Gasteiger partial charge in [-0.1, -0.05) is 0 Å². The fourth-order valence-corrected chi connectivity index (χ4v) is 5.14. The van der Waals surface area contributed by atoms with Gasteiger partial charge in [0.25, 0.3) is 5.91 Å². The molecule has 10 heteroatoms. The quantitative estimate of drug-likeness (QED) is 0.406. The number of nitrogens with zero attached hydrogens (tertiary/aromatic N) is 5. The molecule has 1 aliphatic heterocycles. The van der Waals surface area contributed by atoms with Crippen LogP contribution in [0.1, 0.15) is 49.0 Å². The van der Waals surface area contributed by atoms with Gasteiger partial charge < -0.3 is 25.0 Å². The molecule has 0 radical (unpaired) electrons. The molecule has 2 atom stereocenters. The Morgan fingerprint density at radius 1 is 1.26 bits per heavy atom. The van der Waals surface area contributed by atoms with Gasteiger partial charge in [-0.15, -0.1) is 0 Å². The van der Waals surface area contributed by atoms with Crippen LogP contribution in [-0.2, 0) is 4.74 Å². The van der Waals surface area contributed by atoms with Crippen molar-refractivity contribution in [3.8, 4) is 11.3 Å². The third kappa shape index (κ3) is 3.64. The van der Waals surface area contributed by atoms with Gasteiger partial charge in [-0.25, -0.2) is 9.97 Å². The highest BCUT2D eigenvalue weighted by Gasteiger charge is 2.42. The highest BCUT2D eigenvalue weighted by molar-refractivity contribution is 6.01. The fourth-order valence-electron chi connectivity index (χ4n) is 5.14. The molecule has 6 rings (SSSR count). The van der Waals surface area contributed by atoms with Crippen LogP contribution in [0.5, 0.6) is 0 Å². The van der Waals surface area contributed by atoms with E-state index in [2.05, 4.69) is 37.5 Å². The molecule has 10 nitrogen and oxygen atoms in total. The average molecular weight is 476 g/mol. The first kappa shape index (κ1) is 22.0. The number of aromatic nitrogens is 5. The molecular weight excluding hydrogens is 446 g/mol. The van der Waals surface area contributed by atoms with Gasteiger partial charge in [0.2, 0.25) is 0 Å².